The number of hydrogen-bond donors (Lipinski definition) is 3. The zero-order chi connectivity index (χ0) is 15.1. The van der Waals surface area contributed by atoms with Crippen LogP contribution >= 0.6 is 12.4 Å². The normalized spacial score (nSPS) is 11.4. The monoisotopic (exact) mass is 319 g/mol. The summed E-state index contributed by atoms with van der Waals surface area (Å²) in [6.45, 7) is 2.56. The lowest BCUT2D eigenvalue weighted by Gasteiger charge is -2.19. The number of nitrogens with one attached hydrogen (secondary N) is 1. The molecule has 0 fully saturated rings. The number of benzene rings is 1. The van der Waals surface area contributed by atoms with Crippen molar-refractivity contribution in [2.45, 2.75) is 19.4 Å². The molecule has 8 heteroatoms. The number of rotatable bonds is 8. The minimum atomic E-state index is -0.582. The van der Waals surface area contributed by atoms with Crippen LogP contribution in [0.15, 0.2) is 18.2 Å². The summed E-state index contributed by atoms with van der Waals surface area (Å²) in [7, 11) is 1.82. The number of anilines is 2. The summed E-state index contributed by atoms with van der Waals surface area (Å²) >= 11 is 0. The number of nitro groups is 1. The highest BCUT2D eigenvalue weighted by Gasteiger charge is 2.16. The van der Waals surface area contributed by atoms with Crippen molar-refractivity contribution in [1.82, 2.24) is 0 Å². The quantitative estimate of drug-likeness (QED) is 0.497. The highest BCUT2D eigenvalue weighted by molar-refractivity contribution is 5.85. The van der Waals surface area contributed by atoms with E-state index in [1.165, 1.54) is 6.07 Å². The average molecular weight is 320 g/mol. The molecule has 21 heavy (non-hydrogen) atoms. The highest BCUT2D eigenvalue weighted by atomic mass is 35.5. The largest absolute Gasteiger partial charge is 0.396 e. The van der Waals surface area contributed by atoms with Crippen LogP contribution in [-0.4, -0.2) is 48.0 Å². The first-order valence-corrected chi connectivity index (χ1v) is 6.48. The summed E-state index contributed by atoms with van der Waals surface area (Å²) in [6.07, 6.45) is 0.0216. The predicted molar refractivity (Wildman–Crippen MR) is 85.5 cm³/mol. The molecule has 0 amide bonds. The van der Waals surface area contributed by atoms with E-state index in [2.05, 4.69) is 5.32 Å². The Hall–Kier alpha value is -1.57. The van der Waals surface area contributed by atoms with Crippen LogP contribution in [0.4, 0.5) is 17.1 Å². The molecule has 0 heterocycles. The summed E-state index contributed by atoms with van der Waals surface area (Å²) in [5.74, 6) is 0. The van der Waals surface area contributed by atoms with Gasteiger partial charge in [-0.15, -0.1) is 12.4 Å². The Balaban J connectivity index is 0.00000400. The third-order valence-corrected chi connectivity index (χ3v) is 2.86. The lowest BCUT2D eigenvalue weighted by atomic mass is 10.2. The summed E-state index contributed by atoms with van der Waals surface area (Å²) < 4.78 is 0. The molecule has 0 saturated heterocycles. The first kappa shape index (κ1) is 19.4. The van der Waals surface area contributed by atoms with Gasteiger partial charge in [0.25, 0.3) is 5.69 Å². The van der Waals surface area contributed by atoms with Gasteiger partial charge in [-0.2, -0.15) is 0 Å². The van der Waals surface area contributed by atoms with Crippen LogP contribution in [0, 0.1) is 10.1 Å². The molecule has 0 aliphatic carbocycles. The standard InChI is InChI=1S/C13H21N3O4.ClH/c1-10(18)9-14-12-5-4-11(8-13(12)16(19)20)15(2)6-3-7-17;/h4-5,8,10,14,17-18H,3,6-7,9H2,1-2H3;1H. The maximum Gasteiger partial charge on any atom is 0.294 e. The molecule has 120 valence electrons. The fraction of sp³-hybridized carbons (Fsp3) is 0.538. The molecule has 0 aliphatic heterocycles. The van der Waals surface area contributed by atoms with Crippen LogP contribution in [-0.2, 0) is 0 Å². The Kier molecular flexibility index (Phi) is 8.68. The fourth-order valence-electron chi connectivity index (χ4n) is 1.75. The SMILES string of the molecule is CC(O)CNc1ccc(N(C)CCCO)cc1[N+](=O)[O-].Cl. The molecule has 0 aromatic heterocycles. The minimum Gasteiger partial charge on any atom is -0.396 e. The first-order chi connectivity index (χ1) is 9.45. The maximum absolute atomic E-state index is 11.1. The van der Waals surface area contributed by atoms with Crippen molar-refractivity contribution >= 4 is 29.5 Å². The average Bonchev–Trinajstić information content (AvgIpc) is 2.42. The van der Waals surface area contributed by atoms with Gasteiger partial charge in [-0.25, -0.2) is 0 Å². The Morgan fingerprint density at radius 1 is 1.48 bits per heavy atom. The van der Waals surface area contributed by atoms with E-state index in [0.717, 1.165) is 0 Å². The second-order valence-corrected chi connectivity index (χ2v) is 4.69. The molecule has 0 aliphatic rings. The van der Waals surface area contributed by atoms with Crippen LogP contribution in [0.5, 0.6) is 0 Å². The van der Waals surface area contributed by atoms with Crippen molar-refractivity contribution < 1.29 is 15.1 Å². The summed E-state index contributed by atoms with van der Waals surface area (Å²) in [4.78, 5) is 12.5. The van der Waals surface area contributed by atoms with Crippen molar-refractivity contribution in [1.29, 1.82) is 0 Å². The minimum absolute atomic E-state index is 0. The van der Waals surface area contributed by atoms with E-state index >= 15 is 0 Å². The van der Waals surface area contributed by atoms with Crippen LogP contribution in [0.25, 0.3) is 0 Å². The topological polar surface area (TPSA) is 98.9 Å². The van der Waals surface area contributed by atoms with E-state index in [0.29, 0.717) is 24.3 Å². The molecule has 0 radical (unpaired) electrons. The maximum atomic E-state index is 11.1. The molecular formula is C13H22ClN3O4. The number of hydrogen-bond acceptors (Lipinski definition) is 6. The lowest BCUT2D eigenvalue weighted by Crippen LogP contribution is -2.20. The predicted octanol–water partition coefficient (Wildman–Crippen LogP) is 1.63. The van der Waals surface area contributed by atoms with Gasteiger partial charge < -0.3 is 20.4 Å². The molecule has 1 aromatic carbocycles. The Labute approximate surface area is 130 Å². The molecular weight excluding hydrogens is 298 g/mol. The number of aliphatic hydroxyl groups is 2. The summed E-state index contributed by atoms with van der Waals surface area (Å²) in [5.41, 5.74) is 1.07. The molecule has 0 saturated carbocycles. The van der Waals surface area contributed by atoms with Crippen LogP contribution in [0.1, 0.15) is 13.3 Å². The van der Waals surface area contributed by atoms with E-state index in [9.17, 15) is 15.2 Å². The van der Waals surface area contributed by atoms with E-state index < -0.39 is 11.0 Å². The van der Waals surface area contributed by atoms with Gasteiger partial charge in [0.2, 0.25) is 0 Å². The molecule has 1 rings (SSSR count). The van der Waals surface area contributed by atoms with Crippen LogP contribution in [0.2, 0.25) is 0 Å². The van der Waals surface area contributed by atoms with Gasteiger partial charge in [-0.05, 0) is 25.5 Å². The van der Waals surface area contributed by atoms with E-state index in [4.69, 9.17) is 5.11 Å². The van der Waals surface area contributed by atoms with Crippen molar-refractivity contribution in [3.63, 3.8) is 0 Å². The van der Waals surface area contributed by atoms with Gasteiger partial charge in [0.15, 0.2) is 0 Å². The number of aliphatic hydroxyl groups excluding tert-OH is 2. The zero-order valence-electron chi connectivity index (χ0n) is 12.2. The first-order valence-electron chi connectivity index (χ1n) is 6.48. The van der Waals surface area contributed by atoms with E-state index in [1.54, 1.807) is 19.1 Å². The molecule has 1 atom stereocenters. The summed E-state index contributed by atoms with van der Waals surface area (Å²) in [5, 5.41) is 32.0. The highest BCUT2D eigenvalue weighted by Crippen LogP contribution is 2.29. The molecule has 3 N–H and O–H groups in total. The zero-order valence-corrected chi connectivity index (χ0v) is 13.0. The molecule has 1 unspecified atom stereocenters. The van der Waals surface area contributed by atoms with Gasteiger partial charge in [0.1, 0.15) is 5.69 Å². The second-order valence-electron chi connectivity index (χ2n) is 4.69. The van der Waals surface area contributed by atoms with Crippen molar-refractivity contribution in [3.8, 4) is 0 Å². The van der Waals surface area contributed by atoms with Gasteiger partial charge in [0.05, 0.1) is 11.0 Å². The van der Waals surface area contributed by atoms with E-state index in [-0.39, 0.29) is 31.2 Å². The second kappa shape index (κ2) is 9.38. The van der Waals surface area contributed by atoms with Crippen LogP contribution < -0.4 is 10.2 Å². The van der Waals surface area contributed by atoms with Crippen LogP contribution in [0.3, 0.4) is 0 Å². The van der Waals surface area contributed by atoms with Gasteiger partial charge in [0, 0.05) is 38.5 Å². The van der Waals surface area contributed by atoms with Crippen molar-refractivity contribution in [3.05, 3.63) is 28.3 Å². The Bertz CT molecular complexity index is 457. The van der Waals surface area contributed by atoms with Gasteiger partial charge in [-0.1, -0.05) is 0 Å². The molecule has 0 bridgehead atoms. The smallest absolute Gasteiger partial charge is 0.294 e. The van der Waals surface area contributed by atoms with Gasteiger partial charge >= 0.3 is 0 Å². The van der Waals surface area contributed by atoms with Gasteiger partial charge in [-0.3, -0.25) is 10.1 Å². The van der Waals surface area contributed by atoms with E-state index in [1.807, 2.05) is 11.9 Å². The third-order valence-electron chi connectivity index (χ3n) is 2.86. The fourth-order valence-corrected chi connectivity index (χ4v) is 1.75. The Morgan fingerprint density at radius 3 is 2.67 bits per heavy atom. The number of halogens is 1. The van der Waals surface area contributed by atoms with Crippen molar-refractivity contribution in [2.24, 2.45) is 0 Å². The number of nitrogens with zero attached hydrogens (tertiary/aromatic N) is 2. The Morgan fingerprint density at radius 2 is 2.14 bits per heavy atom. The van der Waals surface area contributed by atoms with Crippen molar-refractivity contribution in [2.75, 3.05) is 37.0 Å². The molecule has 7 nitrogen and oxygen atoms in total. The lowest BCUT2D eigenvalue weighted by molar-refractivity contribution is -0.383. The molecule has 1 aromatic rings. The number of nitro benzene ring substituents is 1. The summed E-state index contributed by atoms with van der Waals surface area (Å²) in [6, 6.07) is 4.89. The third kappa shape index (κ3) is 6.16. The molecule has 0 spiro atoms.